The van der Waals surface area contributed by atoms with Gasteiger partial charge in [0.2, 0.25) is 0 Å². The van der Waals surface area contributed by atoms with Crippen LogP contribution in [0.5, 0.6) is 0 Å². The molecule has 0 aromatic heterocycles. The van der Waals surface area contributed by atoms with Crippen LogP contribution in [0.4, 0.5) is 0 Å². The van der Waals surface area contributed by atoms with Gasteiger partial charge in [-0.3, -0.25) is 0 Å². The van der Waals surface area contributed by atoms with Crippen LogP contribution in [0.15, 0.2) is 0 Å². The molecule has 102 valence electrons. The highest BCUT2D eigenvalue weighted by Crippen LogP contribution is 2.09. The summed E-state index contributed by atoms with van der Waals surface area (Å²) in [6.45, 7) is 13.2. The smallest absolute Gasteiger partial charge is 0.0596 e. The first-order valence-electron chi connectivity index (χ1n) is 7.21. The van der Waals surface area contributed by atoms with E-state index in [0.29, 0.717) is 18.2 Å². The Bertz CT molecular complexity index is 197. The van der Waals surface area contributed by atoms with Crippen molar-refractivity contribution in [3.05, 3.63) is 0 Å². The molecule has 1 aliphatic heterocycles. The van der Waals surface area contributed by atoms with E-state index in [1.807, 2.05) is 0 Å². The van der Waals surface area contributed by atoms with Crippen molar-refractivity contribution < 1.29 is 4.74 Å². The molecule has 3 nitrogen and oxygen atoms in total. The zero-order valence-corrected chi connectivity index (χ0v) is 12.0. The van der Waals surface area contributed by atoms with Gasteiger partial charge in [-0.05, 0) is 53.1 Å². The highest BCUT2D eigenvalue weighted by atomic mass is 16.5. The van der Waals surface area contributed by atoms with Crippen molar-refractivity contribution in [3.63, 3.8) is 0 Å². The Morgan fingerprint density at radius 2 is 2.00 bits per heavy atom. The lowest BCUT2D eigenvalue weighted by atomic mass is 10.1. The van der Waals surface area contributed by atoms with E-state index < -0.39 is 0 Å². The van der Waals surface area contributed by atoms with Gasteiger partial charge in [0.05, 0.1) is 12.7 Å². The van der Waals surface area contributed by atoms with E-state index in [4.69, 9.17) is 4.74 Å². The number of hydrogen-bond acceptors (Lipinski definition) is 3. The number of nitrogens with zero attached hydrogens (tertiary/aromatic N) is 1. The van der Waals surface area contributed by atoms with Gasteiger partial charge in [-0.25, -0.2) is 0 Å². The lowest BCUT2D eigenvalue weighted by Crippen LogP contribution is -2.44. The second-order valence-corrected chi connectivity index (χ2v) is 5.51. The fourth-order valence-corrected chi connectivity index (χ4v) is 2.36. The number of nitrogens with one attached hydrogen (secondary N) is 1. The topological polar surface area (TPSA) is 24.5 Å². The molecule has 0 radical (unpaired) electrons. The summed E-state index contributed by atoms with van der Waals surface area (Å²) in [5.74, 6) is 0. The highest BCUT2D eigenvalue weighted by molar-refractivity contribution is 4.76. The van der Waals surface area contributed by atoms with Gasteiger partial charge >= 0.3 is 0 Å². The Morgan fingerprint density at radius 1 is 1.29 bits per heavy atom. The largest absolute Gasteiger partial charge is 0.377 e. The Labute approximate surface area is 107 Å². The van der Waals surface area contributed by atoms with Crippen molar-refractivity contribution in [1.82, 2.24) is 10.2 Å². The highest BCUT2D eigenvalue weighted by Gasteiger charge is 2.17. The molecule has 2 atom stereocenters. The molecule has 1 fully saturated rings. The van der Waals surface area contributed by atoms with Crippen molar-refractivity contribution in [2.75, 3.05) is 26.2 Å². The van der Waals surface area contributed by atoms with Gasteiger partial charge in [-0.2, -0.15) is 0 Å². The Kier molecular flexibility index (Phi) is 7.09. The van der Waals surface area contributed by atoms with Crippen molar-refractivity contribution in [2.45, 2.75) is 65.1 Å². The van der Waals surface area contributed by atoms with E-state index in [1.165, 1.54) is 32.4 Å². The van der Waals surface area contributed by atoms with Crippen molar-refractivity contribution in [3.8, 4) is 0 Å². The van der Waals surface area contributed by atoms with Gasteiger partial charge in [-0.1, -0.05) is 6.92 Å². The van der Waals surface area contributed by atoms with Crippen LogP contribution in [0.2, 0.25) is 0 Å². The molecule has 0 aliphatic carbocycles. The molecule has 0 saturated carbocycles. The van der Waals surface area contributed by atoms with Crippen LogP contribution < -0.4 is 5.32 Å². The third-order valence-electron chi connectivity index (χ3n) is 3.54. The number of ether oxygens (including phenoxy) is 1. The summed E-state index contributed by atoms with van der Waals surface area (Å²) < 4.78 is 5.64. The molecule has 0 amide bonds. The molecule has 1 rings (SSSR count). The third kappa shape index (κ3) is 6.39. The van der Waals surface area contributed by atoms with E-state index in [1.54, 1.807) is 0 Å². The van der Waals surface area contributed by atoms with Gasteiger partial charge in [-0.15, -0.1) is 0 Å². The maximum Gasteiger partial charge on any atom is 0.0596 e. The standard InChI is InChI=1S/C14H30N2O/c1-5-14-7-9-16(8-6-13(4)15-14)10-11-17-12(2)3/h12-15H,5-11H2,1-4H3. The molecule has 2 unspecified atom stereocenters. The molecule has 0 aromatic carbocycles. The first-order chi connectivity index (χ1) is 8.11. The molecular formula is C14H30N2O. The van der Waals surface area contributed by atoms with Crippen molar-refractivity contribution >= 4 is 0 Å². The van der Waals surface area contributed by atoms with Crippen LogP contribution >= 0.6 is 0 Å². The van der Waals surface area contributed by atoms with Gasteiger partial charge in [0.1, 0.15) is 0 Å². The third-order valence-corrected chi connectivity index (χ3v) is 3.54. The molecule has 0 bridgehead atoms. The molecule has 1 heterocycles. The fourth-order valence-electron chi connectivity index (χ4n) is 2.36. The minimum absolute atomic E-state index is 0.355. The Balaban J connectivity index is 2.29. The summed E-state index contributed by atoms with van der Waals surface area (Å²) in [6.07, 6.45) is 4.11. The summed E-state index contributed by atoms with van der Waals surface area (Å²) in [5.41, 5.74) is 0. The van der Waals surface area contributed by atoms with Gasteiger partial charge in [0, 0.05) is 18.6 Å². The molecule has 17 heavy (non-hydrogen) atoms. The summed E-state index contributed by atoms with van der Waals surface area (Å²) in [4.78, 5) is 2.56. The predicted octanol–water partition coefficient (Wildman–Crippen LogP) is 2.26. The molecule has 1 saturated heterocycles. The van der Waals surface area contributed by atoms with Gasteiger partial charge in [0.25, 0.3) is 0 Å². The Morgan fingerprint density at radius 3 is 2.65 bits per heavy atom. The van der Waals surface area contributed by atoms with Crippen molar-refractivity contribution in [2.24, 2.45) is 0 Å². The second-order valence-electron chi connectivity index (χ2n) is 5.51. The molecule has 1 aliphatic rings. The van der Waals surface area contributed by atoms with Crippen LogP contribution in [0, 0.1) is 0 Å². The molecule has 3 heteroatoms. The number of rotatable bonds is 5. The van der Waals surface area contributed by atoms with Crippen LogP contribution in [-0.4, -0.2) is 49.3 Å². The zero-order valence-electron chi connectivity index (χ0n) is 12.0. The maximum absolute atomic E-state index is 5.64. The van der Waals surface area contributed by atoms with E-state index in [2.05, 4.69) is 37.9 Å². The lowest BCUT2D eigenvalue weighted by Gasteiger charge is -2.32. The summed E-state index contributed by atoms with van der Waals surface area (Å²) in [5, 5.41) is 3.71. The van der Waals surface area contributed by atoms with E-state index >= 15 is 0 Å². The van der Waals surface area contributed by atoms with Gasteiger partial charge < -0.3 is 15.0 Å². The van der Waals surface area contributed by atoms with Crippen molar-refractivity contribution in [1.29, 1.82) is 0 Å². The van der Waals surface area contributed by atoms with Crippen LogP contribution in [-0.2, 0) is 4.74 Å². The van der Waals surface area contributed by atoms with Crippen LogP contribution in [0.3, 0.4) is 0 Å². The molecular weight excluding hydrogens is 212 g/mol. The van der Waals surface area contributed by atoms with Crippen LogP contribution in [0.25, 0.3) is 0 Å². The number of hydrogen-bond donors (Lipinski definition) is 1. The summed E-state index contributed by atoms with van der Waals surface area (Å²) >= 11 is 0. The van der Waals surface area contributed by atoms with Gasteiger partial charge in [0.15, 0.2) is 0 Å². The average Bonchev–Trinajstić information content (AvgIpc) is 2.26. The average molecular weight is 242 g/mol. The van der Waals surface area contributed by atoms with Crippen LogP contribution in [0.1, 0.15) is 47.0 Å². The maximum atomic E-state index is 5.64. The second kappa shape index (κ2) is 8.06. The quantitative estimate of drug-likeness (QED) is 0.800. The minimum Gasteiger partial charge on any atom is -0.377 e. The molecule has 1 N–H and O–H groups in total. The van der Waals surface area contributed by atoms with E-state index in [9.17, 15) is 0 Å². The normalized spacial score (nSPS) is 28.1. The minimum atomic E-state index is 0.355. The Hall–Kier alpha value is -0.120. The molecule has 0 spiro atoms. The lowest BCUT2D eigenvalue weighted by molar-refractivity contribution is 0.0555. The first kappa shape index (κ1) is 14.9. The first-order valence-corrected chi connectivity index (χ1v) is 7.21. The van der Waals surface area contributed by atoms with E-state index in [-0.39, 0.29) is 0 Å². The monoisotopic (exact) mass is 242 g/mol. The summed E-state index contributed by atoms with van der Waals surface area (Å²) in [7, 11) is 0. The van der Waals surface area contributed by atoms with E-state index in [0.717, 1.165) is 13.2 Å². The zero-order chi connectivity index (χ0) is 12.7. The molecule has 0 aromatic rings. The summed E-state index contributed by atoms with van der Waals surface area (Å²) in [6, 6.07) is 1.34. The predicted molar refractivity (Wildman–Crippen MR) is 73.4 cm³/mol. The SMILES string of the molecule is CCC1CCN(CCOC(C)C)CCC(C)N1. The fraction of sp³-hybridized carbons (Fsp3) is 1.00.